The first kappa shape index (κ1) is 19.1. The van der Waals surface area contributed by atoms with Crippen LogP contribution in [0.4, 0.5) is 11.9 Å². The average Bonchev–Trinajstić information content (AvgIpc) is 2.62. The largest absolute Gasteiger partial charge is 0.494 e. The van der Waals surface area contributed by atoms with Crippen LogP contribution in [0.5, 0.6) is 5.75 Å². The van der Waals surface area contributed by atoms with Gasteiger partial charge in [0.05, 0.1) is 13.0 Å². The predicted octanol–water partition coefficient (Wildman–Crippen LogP) is 1.53. The zero-order chi connectivity index (χ0) is 18.9. The Balaban J connectivity index is 1.78. The van der Waals surface area contributed by atoms with Crippen LogP contribution in [0.3, 0.4) is 0 Å². The molecule has 2 aromatic rings. The van der Waals surface area contributed by atoms with Crippen molar-refractivity contribution < 1.29 is 19.1 Å². The summed E-state index contributed by atoms with van der Waals surface area (Å²) in [5.74, 6) is 0.0580. The molecule has 0 aliphatic carbocycles. The molecule has 0 spiro atoms. The van der Waals surface area contributed by atoms with Crippen molar-refractivity contribution in [1.82, 2.24) is 15.0 Å². The third kappa shape index (κ3) is 6.00. The number of anilines is 2. The number of carbonyl (C=O) groups excluding carboxylic acids is 2. The normalized spacial score (nSPS) is 10.3. The summed E-state index contributed by atoms with van der Waals surface area (Å²) in [7, 11) is 0. The number of nitrogen functional groups attached to an aromatic ring is 2. The highest BCUT2D eigenvalue weighted by Gasteiger charge is 2.12. The molecule has 0 fully saturated rings. The van der Waals surface area contributed by atoms with Crippen LogP contribution >= 0.6 is 0 Å². The number of Topliss-reactive ketones (excluding diaryl/α,β-unsaturated/α-hetero) is 1. The first-order chi connectivity index (χ1) is 12.5. The van der Waals surface area contributed by atoms with Gasteiger partial charge in [0.25, 0.3) is 0 Å². The van der Waals surface area contributed by atoms with Gasteiger partial charge in [0.1, 0.15) is 5.75 Å². The Morgan fingerprint density at radius 1 is 1.00 bits per heavy atom. The second kappa shape index (κ2) is 9.30. The summed E-state index contributed by atoms with van der Waals surface area (Å²) >= 11 is 0. The number of hydrogen-bond donors (Lipinski definition) is 2. The standard InChI is InChI=1S/C17H21N5O4/c1-2-9-25-12-5-3-11(4-6-12)13(23)7-8-15(24)26-10-14-20-16(18)22-17(19)21-14/h3-6H,2,7-10H2,1H3,(H4,18,19,20,21,22). The molecule has 9 nitrogen and oxygen atoms in total. The molecular formula is C17H21N5O4. The number of carbonyl (C=O) groups is 2. The number of hydrogen-bond acceptors (Lipinski definition) is 9. The number of ketones is 1. The van der Waals surface area contributed by atoms with Gasteiger partial charge in [-0.3, -0.25) is 9.59 Å². The van der Waals surface area contributed by atoms with Gasteiger partial charge in [-0.05, 0) is 30.7 Å². The fourth-order valence-corrected chi connectivity index (χ4v) is 2.06. The molecule has 0 saturated heterocycles. The number of rotatable bonds is 9. The molecule has 1 aromatic heterocycles. The van der Waals surface area contributed by atoms with E-state index in [0.717, 1.165) is 6.42 Å². The van der Waals surface area contributed by atoms with Crippen molar-refractivity contribution in [2.24, 2.45) is 0 Å². The minimum Gasteiger partial charge on any atom is -0.494 e. The van der Waals surface area contributed by atoms with Gasteiger partial charge in [-0.25, -0.2) is 0 Å². The van der Waals surface area contributed by atoms with Crippen LogP contribution in [0, 0.1) is 0 Å². The van der Waals surface area contributed by atoms with E-state index in [4.69, 9.17) is 20.9 Å². The summed E-state index contributed by atoms with van der Waals surface area (Å²) in [4.78, 5) is 35.1. The summed E-state index contributed by atoms with van der Waals surface area (Å²) in [5, 5.41) is 0. The van der Waals surface area contributed by atoms with Crippen LogP contribution in [0.25, 0.3) is 0 Å². The van der Waals surface area contributed by atoms with Crippen molar-refractivity contribution >= 4 is 23.6 Å². The van der Waals surface area contributed by atoms with Crippen LogP contribution in [0.1, 0.15) is 42.4 Å². The molecule has 0 unspecified atom stereocenters. The highest BCUT2D eigenvalue weighted by atomic mass is 16.5. The summed E-state index contributed by atoms with van der Waals surface area (Å²) in [6.45, 7) is 2.45. The molecule has 138 valence electrons. The Bertz CT molecular complexity index is 744. The van der Waals surface area contributed by atoms with E-state index < -0.39 is 5.97 Å². The number of aromatic nitrogens is 3. The Hall–Kier alpha value is -3.23. The highest BCUT2D eigenvalue weighted by molar-refractivity contribution is 5.97. The maximum atomic E-state index is 12.1. The van der Waals surface area contributed by atoms with Crippen molar-refractivity contribution in [3.63, 3.8) is 0 Å². The fraction of sp³-hybridized carbons (Fsp3) is 0.353. The zero-order valence-corrected chi connectivity index (χ0v) is 14.5. The molecule has 0 saturated carbocycles. The van der Waals surface area contributed by atoms with Crippen LogP contribution in [0.15, 0.2) is 24.3 Å². The van der Waals surface area contributed by atoms with Crippen molar-refractivity contribution in [2.75, 3.05) is 18.1 Å². The van der Waals surface area contributed by atoms with E-state index in [0.29, 0.717) is 17.9 Å². The van der Waals surface area contributed by atoms with Crippen molar-refractivity contribution in [3.8, 4) is 5.75 Å². The molecule has 4 N–H and O–H groups in total. The van der Waals surface area contributed by atoms with Gasteiger partial charge in [-0.15, -0.1) is 0 Å². The average molecular weight is 359 g/mol. The molecule has 0 bridgehead atoms. The van der Waals surface area contributed by atoms with Gasteiger partial charge < -0.3 is 20.9 Å². The van der Waals surface area contributed by atoms with Crippen LogP contribution in [0.2, 0.25) is 0 Å². The lowest BCUT2D eigenvalue weighted by Gasteiger charge is -2.06. The van der Waals surface area contributed by atoms with E-state index >= 15 is 0 Å². The van der Waals surface area contributed by atoms with Crippen molar-refractivity contribution in [1.29, 1.82) is 0 Å². The highest BCUT2D eigenvalue weighted by Crippen LogP contribution is 2.14. The first-order valence-electron chi connectivity index (χ1n) is 8.15. The van der Waals surface area contributed by atoms with Gasteiger partial charge in [0.15, 0.2) is 18.2 Å². The van der Waals surface area contributed by atoms with E-state index in [-0.39, 0.29) is 43.0 Å². The second-order valence-corrected chi connectivity index (χ2v) is 5.42. The van der Waals surface area contributed by atoms with Crippen LogP contribution in [-0.4, -0.2) is 33.3 Å². The molecule has 0 amide bonds. The van der Waals surface area contributed by atoms with Gasteiger partial charge >= 0.3 is 5.97 Å². The summed E-state index contributed by atoms with van der Waals surface area (Å²) in [6, 6.07) is 6.82. The fourth-order valence-electron chi connectivity index (χ4n) is 2.06. The van der Waals surface area contributed by atoms with Crippen molar-refractivity contribution in [3.05, 3.63) is 35.7 Å². The molecule has 0 aliphatic rings. The lowest BCUT2D eigenvalue weighted by atomic mass is 10.1. The van der Waals surface area contributed by atoms with Gasteiger partial charge in [-0.1, -0.05) is 6.92 Å². The van der Waals surface area contributed by atoms with E-state index in [1.165, 1.54) is 0 Å². The second-order valence-electron chi connectivity index (χ2n) is 5.42. The molecule has 0 aliphatic heterocycles. The van der Waals surface area contributed by atoms with Crippen molar-refractivity contribution in [2.45, 2.75) is 32.8 Å². The molecule has 0 radical (unpaired) electrons. The molecule has 1 heterocycles. The maximum Gasteiger partial charge on any atom is 0.306 e. The van der Waals surface area contributed by atoms with Gasteiger partial charge in [0, 0.05) is 12.0 Å². The number of nitrogens with zero attached hydrogens (tertiary/aromatic N) is 3. The zero-order valence-electron chi connectivity index (χ0n) is 14.5. The molecule has 1 aromatic carbocycles. The summed E-state index contributed by atoms with van der Waals surface area (Å²) in [5.41, 5.74) is 11.4. The Morgan fingerprint density at radius 2 is 1.65 bits per heavy atom. The van der Waals surface area contributed by atoms with Crippen LogP contribution < -0.4 is 16.2 Å². The number of esters is 1. The third-order valence-corrected chi connectivity index (χ3v) is 3.28. The molecular weight excluding hydrogens is 338 g/mol. The lowest BCUT2D eigenvalue weighted by molar-refractivity contribution is -0.145. The Kier molecular flexibility index (Phi) is 6.84. The minimum atomic E-state index is -0.543. The van der Waals surface area contributed by atoms with E-state index in [1.807, 2.05) is 6.92 Å². The SMILES string of the molecule is CCCOc1ccc(C(=O)CCC(=O)OCc2nc(N)nc(N)n2)cc1. The minimum absolute atomic E-state index is 0.0372. The number of nitrogens with two attached hydrogens (primary N) is 2. The number of benzene rings is 1. The predicted molar refractivity (Wildman–Crippen MR) is 94.2 cm³/mol. The maximum absolute atomic E-state index is 12.1. The monoisotopic (exact) mass is 359 g/mol. The first-order valence-corrected chi connectivity index (χ1v) is 8.15. The Labute approximate surface area is 150 Å². The lowest BCUT2D eigenvalue weighted by Crippen LogP contribution is -2.12. The number of ether oxygens (including phenoxy) is 2. The summed E-state index contributed by atoms with van der Waals surface area (Å²) in [6.07, 6.45) is 0.894. The molecule has 2 rings (SSSR count). The molecule has 9 heteroatoms. The van der Waals surface area contributed by atoms with E-state index in [1.54, 1.807) is 24.3 Å². The van der Waals surface area contributed by atoms with E-state index in [2.05, 4.69) is 15.0 Å². The van der Waals surface area contributed by atoms with Crippen LogP contribution in [-0.2, 0) is 16.1 Å². The van der Waals surface area contributed by atoms with E-state index in [9.17, 15) is 9.59 Å². The summed E-state index contributed by atoms with van der Waals surface area (Å²) < 4.78 is 10.5. The third-order valence-electron chi connectivity index (χ3n) is 3.28. The Morgan fingerprint density at radius 3 is 2.27 bits per heavy atom. The molecule has 26 heavy (non-hydrogen) atoms. The smallest absolute Gasteiger partial charge is 0.306 e. The van der Waals surface area contributed by atoms with Gasteiger partial charge in [-0.2, -0.15) is 15.0 Å². The van der Waals surface area contributed by atoms with Gasteiger partial charge in [0.2, 0.25) is 11.9 Å². The quantitative estimate of drug-likeness (QED) is 0.503. The topological polar surface area (TPSA) is 143 Å². The molecule has 0 atom stereocenters.